The first-order valence-electron chi connectivity index (χ1n) is 8.03. The Bertz CT molecular complexity index is 856. The number of H-pyrrole nitrogens is 1. The Morgan fingerprint density at radius 3 is 2.42 bits per heavy atom. The van der Waals surface area contributed by atoms with E-state index in [4.69, 9.17) is 9.47 Å². The third-order valence-electron chi connectivity index (χ3n) is 3.90. The molecule has 0 saturated heterocycles. The van der Waals surface area contributed by atoms with E-state index < -0.39 is 30.3 Å². The van der Waals surface area contributed by atoms with Crippen LogP contribution in [0.25, 0.3) is 0 Å². The van der Waals surface area contributed by atoms with Crippen molar-refractivity contribution in [2.24, 2.45) is 0 Å². The van der Waals surface area contributed by atoms with Gasteiger partial charge in [0.15, 0.2) is 30.1 Å². The zero-order chi connectivity index (χ0) is 19.4. The zero-order valence-corrected chi connectivity index (χ0v) is 15.0. The molecule has 0 spiro atoms. The number of hydrogen-bond donors (Lipinski definition) is 1. The summed E-state index contributed by atoms with van der Waals surface area (Å²) in [5, 5.41) is 0. The smallest absolute Gasteiger partial charge is 0.344 e. The van der Waals surface area contributed by atoms with E-state index in [1.807, 2.05) is 0 Å². The molecule has 0 unspecified atom stereocenters. The number of para-hydroxylation sites is 1. The molecule has 1 aromatic carbocycles. The molecule has 0 aliphatic carbocycles. The molecule has 1 N–H and O–H groups in total. The largest absolute Gasteiger partial charge is 0.479 e. The second kappa shape index (κ2) is 7.95. The van der Waals surface area contributed by atoms with Crippen molar-refractivity contribution in [3.63, 3.8) is 0 Å². The van der Waals surface area contributed by atoms with Gasteiger partial charge in [0.2, 0.25) is 5.78 Å². The molecule has 1 aromatic heterocycles. The van der Waals surface area contributed by atoms with E-state index in [0.29, 0.717) is 16.8 Å². The third-order valence-corrected chi connectivity index (χ3v) is 3.90. The molecule has 0 amide bonds. The van der Waals surface area contributed by atoms with Gasteiger partial charge in [-0.3, -0.25) is 9.59 Å². The average Bonchev–Trinajstić information content (AvgIpc) is 2.87. The standard InChI is InChI=1S/C19H20FNO5/c1-10-17(12(3)22)11(2)21-18(10)19(24)13(4)26-16(23)9-25-15-8-6-5-7-14(15)20/h5-8,13,21H,9H2,1-4H3/t13-/m1/s1. The van der Waals surface area contributed by atoms with Gasteiger partial charge in [-0.2, -0.15) is 0 Å². The van der Waals surface area contributed by atoms with Gasteiger partial charge in [0.25, 0.3) is 0 Å². The lowest BCUT2D eigenvalue weighted by atomic mass is 10.0. The highest BCUT2D eigenvalue weighted by atomic mass is 19.1. The molecule has 26 heavy (non-hydrogen) atoms. The van der Waals surface area contributed by atoms with Gasteiger partial charge in [0.1, 0.15) is 0 Å². The van der Waals surface area contributed by atoms with Crippen LogP contribution >= 0.6 is 0 Å². The summed E-state index contributed by atoms with van der Waals surface area (Å²) < 4.78 is 23.5. The number of benzene rings is 1. The van der Waals surface area contributed by atoms with Crippen LogP contribution in [0.4, 0.5) is 4.39 Å². The minimum atomic E-state index is -1.08. The molecule has 138 valence electrons. The number of aromatic amines is 1. The number of rotatable bonds is 7. The summed E-state index contributed by atoms with van der Waals surface area (Å²) in [7, 11) is 0. The van der Waals surface area contributed by atoms with E-state index in [2.05, 4.69) is 4.98 Å². The van der Waals surface area contributed by atoms with Crippen LogP contribution in [0.2, 0.25) is 0 Å². The quantitative estimate of drug-likeness (QED) is 0.605. The maximum Gasteiger partial charge on any atom is 0.344 e. The molecule has 6 nitrogen and oxygen atoms in total. The van der Waals surface area contributed by atoms with Crippen molar-refractivity contribution in [2.45, 2.75) is 33.8 Å². The van der Waals surface area contributed by atoms with Crippen molar-refractivity contribution >= 4 is 17.5 Å². The molecule has 1 atom stereocenters. The maximum absolute atomic E-state index is 13.4. The van der Waals surface area contributed by atoms with E-state index in [1.54, 1.807) is 19.9 Å². The molecule has 0 bridgehead atoms. The zero-order valence-electron chi connectivity index (χ0n) is 15.0. The number of aromatic nitrogens is 1. The Hall–Kier alpha value is -2.96. The van der Waals surface area contributed by atoms with Crippen molar-refractivity contribution in [1.82, 2.24) is 4.98 Å². The SMILES string of the molecule is CC(=O)c1c(C)[nH]c(C(=O)[C@@H](C)OC(=O)COc2ccccc2F)c1C. The lowest BCUT2D eigenvalue weighted by Crippen LogP contribution is -2.28. The Morgan fingerprint density at radius 1 is 1.19 bits per heavy atom. The minimum absolute atomic E-state index is 0.0784. The van der Waals surface area contributed by atoms with Crippen LogP contribution in [0.3, 0.4) is 0 Å². The van der Waals surface area contributed by atoms with Gasteiger partial charge in [-0.25, -0.2) is 9.18 Å². The highest BCUT2D eigenvalue weighted by molar-refractivity contribution is 6.05. The lowest BCUT2D eigenvalue weighted by molar-refractivity contribution is -0.148. The van der Waals surface area contributed by atoms with Crippen LogP contribution in [0.1, 0.15) is 46.0 Å². The Balaban J connectivity index is 2.01. The molecule has 2 aromatic rings. The van der Waals surface area contributed by atoms with Crippen molar-refractivity contribution in [1.29, 1.82) is 0 Å². The maximum atomic E-state index is 13.4. The molecule has 0 fully saturated rings. The van der Waals surface area contributed by atoms with Gasteiger partial charge in [-0.05, 0) is 45.4 Å². The van der Waals surface area contributed by atoms with Crippen molar-refractivity contribution in [3.05, 3.63) is 52.6 Å². The van der Waals surface area contributed by atoms with E-state index in [1.165, 1.54) is 32.0 Å². The van der Waals surface area contributed by atoms with Crippen molar-refractivity contribution in [2.75, 3.05) is 6.61 Å². The molecular formula is C19H20FNO5. The van der Waals surface area contributed by atoms with Crippen LogP contribution < -0.4 is 4.74 Å². The van der Waals surface area contributed by atoms with Gasteiger partial charge < -0.3 is 14.5 Å². The monoisotopic (exact) mass is 361 g/mol. The molecule has 2 rings (SSSR count). The fourth-order valence-corrected chi connectivity index (χ4v) is 2.71. The summed E-state index contributed by atoms with van der Waals surface area (Å²) in [6, 6.07) is 5.65. The third kappa shape index (κ3) is 4.17. The Kier molecular flexibility index (Phi) is 5.92. The minimum Gasteiger partial charge on any atom is -0.479 e. The van der Waals surface area contributed by atoms with Crippen LogP contribution in [-0.2, 0) is 9.53 Å². The first-order chi connectivity index (χ1) is 12.2. The van der Waals surface area contributed by atoms with Gasteiger partial charge in [0.05, 0.1) is 5.69 Å². The van der Waals surface area contributed by atoms with E-state index in [0.717, 1.165) is 0 Å². The highest BCUT2D eigenvalue weighted by Gasteiger charge is 2.26. The van der Waals surface area contributed by atoms with Gasteiger partial charge in [-0.1, -0.05) is 12.1 Å². The molecule has 7 heteroatoms. The highest BCUT2D eigenvalue weighted by Crippen LogP contribution is 2.20. The van der Waals surface area contributed by atoms with E-state index in [-0.39, 0.29) is 17.2 Å². The fraction of sp³-hybridized carbons (Fsp3) is 0.316. The number of carbonyl (C=O) groups excluding carboxylic acids is 3. The van der Waals surface area contributed by atoms with Gasteiger partial charge in [-0.15, -0.1) is 0 Å². The van der Waals surface area contributed by atoms with E-state index >= 15 is 0 Å². The number of halogens is 1. The van der Waals surface area contributed by atoms with Gasteiger partial charge in [0, 0.05) is 11.3 Å². The molecule has 0 saturated carbocycles. The second-order valence-electron chi connectivity index (χ2n) is 5.90. The first-order valence-corrected chi connectivity index (χ1v) is 8.03. The van der Waals surface area contributed by atoms with E-state index in [9.17, 15) is 18.8 Å². The number of ketones is 2. The topological polar surface area (TPSA) is 85.5 Å². The second-order valence-corrected chi connectivity index (χ2v) is 5.90. The van der Waals surface area contributed by atoms with Crippen LogP contribution in [0, 0.1) is 19.7 Å². The molecule has 0 radical (unpaired) electrons. The number of Topliss-reactive ketones (excluding diaryl/α,β-unsaturated/α-hetero) is 2. The first kappa shape index (κ1) is 19.4. The Labute approximate surface area is 150 Å². The molecule has 0 aliphatic heterocycles. The number of ether oxygens (including phenoxy) is 2. The number of aryl methyl sites for hydroxylation is 1. The van der Waals surface area contributed by atoms with Crippen molar-refractivity contribution < 1.29 is 28.2 Å². The lowest BCUT2D eigenvalue weighted by Gasteiger charge is -2.13. The summed E-state index contributed by atoms with van der Waals surface area (Å²) in [6.45, 7) is 5.66. The number of nitrogens with one attached hydrogen (secondary N) is 1. The van der Waals surface area contributed by atoms with Crippen LogP contribution in [0.15, 0.2) is 24.3 Å². The summed E-state index contributed by atoms with van der Waals surface area (Å²) in [5.74, 6) is -2.10. The molecule has 0 aliphatic rings. The Morgan fingerprint density at radius 2 is 1.85 bits per heavy atom. The summed E-state index contributed by atoms with van der Waals surface area (Å²) in [4.78, 5) is 38.9. The average molecular weight is 361 g/mol. The normalized spacial score (nSPS) is 11.7. The fourth-order valence-electron chi connectivity index (χ4n) is 2.71. The predicted molar refractivity (Wildman–Crippen MR) is 92.1 cm³/mol. The van der Waals surface area contributed by atoms with Gasteiger partial charge >= 0.3 is 5.97 Å². The number of hydrogen-bond acceptors (Lipinski definition) is 5. The summed E-state index contributed by atoms with van der Waals surface area (Å²) >= 11 is 0. The number of esters is 1. The number of carbonyl (C=O) groups is 3. The molecule has 1 heterocycles. The molecular weight excluding hydrogens is 341 g/mol. The van der Waals surface area contributed by atoms with Crippen LogP contribution in [0.5, 0.6) is 5.75 Å². The summed E-state index contributed by atoms with van der Waals surface area (Å²) in [6.07, 6.45) is -1.08. The van der Waals surface area contributed by atoms with Crippen molar-refractivity contribution in [3.8, 4) is 5.75 Å². The summed E-state index contributed by atoms with van der Waals surface area (Å²) in [5.41, 5.74) is 1.78. The predicted octanol–water partition coefficient (Wildman–Crippen LogP) is 3.17. The van der Waals surface area contributed by atoms with Crippen LogP contribution in [-0.4, -0.2) is 35.2 Å².